The minimum Gasteiger partial charge on any atom is -0.379 e. The van der Waals surface area contributed by atoms with Gasteiger partial charge in [-0.15, -0.1) is 0 Å². The van der Waals surface area contributed by atoms with Crippen molar-refractivity contribution in [2.75, 3.05) is 73.0 Å². The first kappa shape index (κ1) is 55.7. The number of rotatable bonds is 35. The summed E-state index contributed by atoms with van der Waals surface area (Å²) in [5.74, 6) is 4.38. The summed E-state index contributed by atoms with van der Waals surface area (Å²) in [5.41, 5.74) is 0.833. The van der Waals surface area contributed by atoms with Crippen molar-refractivity contribution in [2.24, 2.45) is 52.3 Å². The van der Waals surface area contributed by atoms with Crippen molar-refractivity contribution in [3.05, 3.63) is 12.2 Å². The molecule has 0 aromatic carbocycles. The fourth-order valence-corrected chi connectivity index (χ4v) is 14.6. The van der Waals surface area contributed by atoms with Crippen LogP contribution >= 0.6 is 0 Å². The number of nitriles is 2. The predicted molar refractivity (Wildman–Crippen MR) is 269 cm³/mol. The van der Waals surface area contributed by atoms with Gasteiger partial charge in [-0.3, -0.25) is 4.84 Å². The summed E-state index contributed by atoms with van der Waals surface area (Å²) in [6, 6.07) is 5.06. The zero-order valence-corrected chi connectivity index (χ0v) is 43.5. The van der Waals surface area contributed by atoms with Gasteiger partial charge in [-0.05, 0) is 155 Å². The summed E-state index contributed by atoms with van der Waals surface area (Å²) < 4.78 is 35.8. The van der Waals surface area contributed by atoms with Crippen LogP contribution in [0.5, 0.6) is 0 Å². The molecule has 0 radical (unpaired) electrons. The quantitative estimate of drug-likeness (QED) is 0.0369. The Morgan fingerprint density at radius 3 is 2.22 bits per heavy atom. The van der Waals surface area contributed by atoms with Gasteiger partial charge in [-0.25, -0.2) is 0 Å². The maximum atomic E-state index is 9.41. The Kier molecular flexibility index (Phi) is 25.4. The molecule has 1 N–H and O–H groups in total. The zero-order valence-electron chi connectivity index (χ0n) is 43.5. The predicted octanol–water partition coefficient (Wildman–Crippen LogP) is 12.5. The Bertz CT molecular complexity index is 1460. The summed E-state index contributed by atoms with van der Waals surface area (Å²) >= 11 is 0. The summed E-state index contributed by atoms with van der Waals surface area (Å²) in [4.78, 5) is 5.70. The van der Waals surface area contributed by atoms with Gasteiger partial charge in [0.15, 0.2) is 13.6 Å². The zero-order chi connectivity index (χ0) is 47.7. The van der Waals surface area contributed by atoms with E-state index in [1.165, 1.54) is 148 Å². The second kappa shape index (κ2) is 31.1. The van der Waals surface area contributed by atoms with Crippen molar-refractivity contribution in [3.63, 3.8) is 0 Å². The van der Waals surface area contributed by atoms with Gasteiger partial charge in [0.2, 0.25) is 0 Å². The van der Waals surface area contributed by atoms with Crippen molar-refractivity contribution >= 4 is 0 Å². The van der Waals surface area contributed by atoms with Crippen molar-refractivity contribution in [1.82, 2.24) is 10.4 Å². The van der Waals surface area contributed by atoms with E-state index in [4.69, 9.17) is 33.3 Å². The van der Waals surface area contributed by atoms with Gasteiger partial charge in [-0.2, -0.15) is 15.6 Å². The molecule has 68 heavy (non-hydrogen) atoms. The Labute approximate surface area is 414 Å². The molecule has 11 nitrogen and oxygen atoms in total. The third-order valence-electron chi connectivity index (χ3n) is 18.2. The van der Waals surface area contributed by atoms with E-state index in [0.29, 0.717) is 75.2 Å². The average Bonchev–Trinajstić information content (AvgIpc) is 4.19. The Morgan fingerprint density at radius 2 is 1.47 bits per heavy atom. The van der Waals surface area contributed by atoms with Crippen LogP contribution in [0.15, 0.2) is 12.2 Å². The molecule has 11 heteroatoms. The van der Waals surface area contributed by atoms with Crippen LogP contribution in [0.1, 0.15) is 194 Å². The van der Waals surface area contributed by atoms with Gasteiger partial charge >= 0.3 is 0 Å². The van der Waals surface area contributed by atoms with E-state index >= 15 is 0 Å². The molecule has 2 saturated heterocycles. The van der Waals surface area contributed by atoms with E-state index in [2.05, 4.69) is 50.4 Å². The van der Waals surface area contributed by atoms with Gasteiger partial charge in [-0.1, -0.05) is 97.1 Å². The fraction of sp³-hybridized carbons (Fsp3) is 0.930. The van der Waals surface area contributed by atoms with Gasteiger partial charge in [0.1, 0.15) is 12.6 Å². The number of hydrogen-bond acceptors (Lipinski definition) is 11. The second-order valence-corrected chi connectivity index (χ2v) is 22.3. The lowest BCUT2D eigenvalue weighted by molar-refractivity contribution is -0.226. The lowest BCUT2D eigenvalue weighted by atomic mass is 9.46. The fourth-order valence-electron chi connectivity index (χ4n) is 14.6. The van der Waals surface area contributed by atoms with E-state index in [1.54, 1.807) is 5.06 Å². The molecule has 2 aliphatic heterocycles. The molecule has 0 aromatic heterocycles. The number of nitrogens with one attached hydrogen (secondary N) is 1. The van der Waals surface area contributed by atoms with Crippen LogP contribution in [0.3, 0.4) is 0 Å². The number of fused-ring (bicyclic) bond motifs is 5. The van der Waals surface area contributed by atoms with E-state index in [0.717, 1.165) is 68.4 Å². The van der Waals surface area contributed by atoms with Crippen LogP contribution < -0.4 is 5.32 Å². The average molecular weight is 951 g/mol. The van der Waals surface area contributed by atoms with E-state index in [9.17, 15) is 10.5 Å². The maximum Gasteiger partial charge on any atom is 0.170 e. The minimum atomic E-state index is -0.463. The first-order valence-corrected chi connectivity index (χ1v) is 28.5. The molecule has 11 atom stereocenters. The molecule has 0 spiro atoms. The molecule has 0 aromatic rings. The van der Waals surface area contributed by atoms with Gasteiger partial charge in [0.05, 0.1) is 63.9 Å². The Hall–Kier alpha value is -1.64. The SMILES string of the molecule is CCCCCCCCC=CCCCCCCCCOCC(CN1COCOCO1)OCCOCCOC1CCC2C(CCC3C2CCC2C3(C)CCC2(CC)C(CCCC(C#N)C#N)C2CN2)C1. The smallest absolute Gasteiger partial charge is 0.170 e. The molecule has 0 amide bonds. The molecule has 388 valence electrons. The molecule has 6 aliphatic rings. The molecule has 4 saturated carbocycles. The first-order valence-electron chi connectivity index (χ1n) is 28.5. The van der Waals surface area contributed by atoms with Crippen LogP contribution in [0.2, 0.25) is 0 Å². The van der Waals surface area contributed by atoms with Gasteiger partial charge < -0.3 is 33.7 Å². The first-order chi connectivity index (χ1) is 33.5. The van der Waals surface area contributed by atoms with Crippen molar-refractivity contribution < 1.29 is 33.3 Å². The number of ether oxygens (including phenoxy) is 6. The molecule has 6 fully saturated rings. The normalized spacial score (nSPS) is 31.4. The highest BCUT2D eigenvalue weighted by atomic mass is 16.8. The molecule has 6 rings (SSSR count). The van der Waals surface area contributed by atoms with Gasteiger partial charge in [0.25, 0.3) is 0 Å². The molecule has 4 aliphatic carbocycles. The number of hydroxylamine groups is 2. The number of allylic oxidation sites excluding steroid dienone is 2. The molecule has 2 heterocycles. The molecular formula is C57H98N4O7. The summed E-state index contributed by atoms with van der Waals surface area (Å²) in [5, 5.41) is 24.3. The third kappa shape index (κ3) is 17.0. The Morgan fingerprint density at radius 1 is 0.735 bits per heavy atom. The van der Waals surface area contributed by atoms with Gasteiger partial charge in [0, 0.05) is 19.2 Å². The van der Waals surface area contributed by atoms with Crippen molar-refractivity contribution in [1.29, 1.82) is 10.5 Å². The lowest BCUT2D eigenvalue weighted by Gasteiger charge is -2.59. The van der Waals surface area contributed by atoms with Crippen LogP contribution in [0, 0.1) is 74.9 Å². The molecule has 0 bridgehead atoms. The molecular weight excluding hydrogens is 853 g/mol. The van der Waals surface area contributed by atoms with E-state index in [1.807, 2.05) is 0 Å². The highest BCUT2D eigenvalue weighted by Crippen LogP contribution is 2.71. The minimum absolute atomic E-state index is 0.154. The summed E-state index contributed by atoms with van der Waals surface area (Å²) in [7, 11) is 0. The van der Waals surface area contributed by atoms with Crippen LogP contribution in [0.4, 0.5) is 0 Å². The summed E-state index contributed by atoms with van der Waals surface area (Å²) in [6.45, 7) is 13.4. The van der Waals surface area contributed by atoms with Crippen molar-refractivity contribution in [3.8, 4) is 12.1 Å². The van der Waals surface area contributed by atoms with Crippen LogP contribution in [-0.2, 0) is 33.3 Å². The summed E-state index contributed by atoms with van der Waals surface area (Å²) in [6.07, 6.45) is 39.4. The standard InChI is InChI=1S/C57H98N4O7/c1-4-6-7-8-9-10-11-12-13-14-15-16-17-18-19-20-32-63-42-49(41-61-43-64-44-65-45-68-61)67-36-34-62-33-35-66-48-25-26-50-47(37-48)24-28-52-51(50)27-29-55-56(52,3)30-31-57(55,5-2)53(54-40-60-54)23-21-22-46(38-58)39-59/h12-13,46-55,60H,4-11,14-37,40-45H2,1-3H3. The Balaban J connectivity index is 0.825. The van der Waals surface area contributed by atoms with Crippen LogP contribution in [0.25, 0.3) is 0 Å². The lowest BCUT2D eigenvalue weighted by Crippen LogP contribution is -2.53. The topological polar surface area (TPSA) is 137 Å². The van der Waals surface area contributed by atoms with E-state index in [-0.39, 0.29) is 19.7 Å². The highest BCUT2D eigenvalue weighted by Gasteiger charge is 2.64. The number of hydrogen-bond donors (Lipinski definition) is 1. The molecule has 11 unspecified atom stereocenters. The monoisotopic (exact) mass is 951 g/mol. The van der Waals surface area contributed by atoms with E-state index < -0.39 is 5.92 Å². The van der Waals surface area contributed by atoms with Crippen molar-refractivity contribution in [2.45, 2.75) is 212 Å². The third-order valence-corrected chi connectivity index (χ3v) is 18.2. The number of nitrogens with zero attached hydrogens (tertiary/aromatic N) is 3. The van der Waals surface area contributed by atoms with Crippen LogP contribution in [-0.4, -0.2) is 96.4 Å². The maximum absolute atomic E-state index is 9.41. The second-order valence-electron chi connectivity index (χ2n) is 22.3. The number of unbranched alkanes of at least 4 members (excludes halogenated alkanes) is 12. The largest absolute Gasteiger partial charge is 0.379 e. The highest BCUT2D eigenvalue weighted by molar-refractivity contribution is 5.15.